The first-order valence-electron chi connectivity index (χ1n) is 13.5. The van der Waals surface area contributed by atoms with Gasteiger partial charge in [0, 0.05) is 48.6 Å². The summed E-state index contributed by atoms with van der Waals surface area (Å²) in [6.45, 7) is 2.23. The molecule has 0 spiro atoms. The Balaban J connectivity index is 1.53. The third-order valence-corrected chi connectivity index (χ3v) is 8.10. The molecule has 0 aliphatic carbocycles. The van der Waals surface area contributed by atoms with Crippen molar-refractivity contribution in [3.63, 3.8) is 0 Å². The van der Waals surface area contributed by atoms with Crippen LogP contribution in [0.15, 0.2) is 60.8 Å². The molecule has 0 unspecified atom stereocenters. The summed E-state index contributed by atoms with van der Waals surface area (Å²) in [6, 6.07) is 13.2. The van der Waals surface area contributed by atoms with Crippen LogP contribution in [0.4, 0.5) is 20.6 Å². The number of carbonyl (C=O) groups is 3. The van der Waals surface area contributed by atoms with Crippen LogP contribution in [0.3, 0.4) is 0 Å². The zero-order valence-corrected chi connectivity index (χ0v) is 23.5. The molecule has 1 aromatic heterocycles. The molecule has 41 heavy (non-hydrogen) atoms. The summed E-state index contributed by atoms with van der Waals surface area (Å²) in [6.07, 6.45) is 4.35. The Morgan fingerprint density at radius 3 is 2.71 bits per heavy atom. The van der Waals surface area contributed by atoms with E-state index in [2.05, 4.69) is 10.3 Å². The zero-order valence-electron chi connectivity index (χ0n) is 22.7. The fraction of sp³-hybridized carbons (Fsp3) is 0.290. The smallest absolute Gasteiger partial charge is 0.411 e. The van der Waals surface area contributed by atoms with Crippen molar-refractivity contribution in [2.45, 2.75) is 38.6 Å². The highest BCUT2D eigenvalue weighted by atomic mass is 35.5. The van der Waals surface area contributed by atoms with Crippen molar-refractivity contribution >= 4 is 46.5 Å². The lowest BCUT2D eigenvalue weighted by Crippen LogP contribution is -2.38. The zero-order chi connectivity index (χ0) is 29.3. The van der Waals surface area contributed by atoms with E-state index >= 15 is 0 Å². The highest BCUT2D eigenvalue weighted by Crippen LogP contribution is 2.37. The van der Waals surface area contributed by atoms with Crippen molar-refractivity contribution in [1.29, 1.82) is 0 Å². The third-order valence-electron chi connectivity index (χ3n) is 7.81. The Kier molecular flexibility index (Phi) is 8.08. The molecule has 212 valence electrons. The van der Waals surface area contributed by atoms with Gasteiger partial charge in [0.15, 0.2) is 0 Å². The first-order valence-corrected chi connectivity index (χ1v) is 13.8. The number of hydrogen-bond donors (Lipinski definition) is 2. The van der Waals surface area contributed by atoms with E-state index in [9.17, 15) is 23.9 Å². The van der Waals surface area contributed by atoms with Gasteiger partial charge >= 0.3 is 6.09 Å². The van der Waals surface area contributed by atoms with Gasteiger partial charge in [-0.2, -0.15) is 0 Å². The largest absolute Gasteiger partial charge is 0.465 e. The number of pyridine rings is 1. The van der Waals surface area contributed by atoms with E-state index in [1.165, 1.54) is 19.2 Å². The number of carboxylic acid groups (broad SMARTS) is 1. The predicted octanol–water partition coefficient (Wildman–Crippen LogP) is 6.77. The lowest BCUT2D eigenvalue weighted by molar-refractivity contribution is -0.129. The molecule has 0 fully saturated rings. The highest BCUT2D eigenvalue weighted by molar-refractivity contribution is 6.31. The molecular weight excluding hydrogens is 547 g/mol. The molecule has 0 saturated heterocycles. The van der Waals surface area contributed by atoms with Crippen molar-refractivity contribution in [3.8, 4) is 11.1 Å². The van der Waals surface area contributed by atoms with E-state index in [-0.39, 0.29) is 28.8 Å². The van der Waals surface area contributed by atoms with Gasteiger partial charge in [0.1, 0.15) is 5.82 Å². The molecule has 8 nitrogen and oxygen atoms in total. The number of rotatable bonds is 3. The monoisotopic (exact) mass is 576 g/mol. The molecule has 2 aliphatic rings. The second-order valence-corrected chi connectivity index (χ2v) is 10.8. The topological polar surface area (TPSA) is 103 Å². The summed E-state index contributed by atoms with van der Waals surface area (Å²) < 4.78 is 14.7. The SMILES string of the molecule is C[C@@H]1CCC[C@H](N2CCC(c3cccc(Cl)c3F)=CC2=O)c2cc(ccn2)-c2ccc(N(C)C(=O)O)cc2NC1=O. The normalized spacial score (nSPS) is 19.3. The van der Waals surface area contributed by atoms with Crippen LogP contribution in [0.1, 0.15) is 49.9 Å². The second-order valence-electron chi connectivity index (χ2n) is 10.4. The molecule has 2 bridgehead atoms. The number of amides is 3. The number of carbonyl (C=O) groups excluding carboxylic acids is 2. The number of halogens is 2. The fourth-order valence-electron chi connectivity index (χ4n) is 5.40. The average molecular weight is 577 g/mol. The lowest BCUT2D eigenvalue weighted by atomic mass is 9.92. The molecular formula is C31H30ClFN4O4. The van der Waals surface area contributed by atoms with Gasteiger partial charge in [-0.15, -0.1) is 0 Å². The Bertz CT molecular complexity index is 1560. The second kappa shape index (κ2) is 11.7. The molecule has 0 radical (unpaired) electrons. The summed E-state index contributed by atoms with van der Waals surface area (Å²) in [4.78, 5) is 45.6. The van der Waals surface area contributed by atoms with Gasteiger partial charge in [-0.05, 0) is 60.7 Å². The van der Waals surface area contributed by atoms with Crippen molar-refractivity contribution in [3.05, 3.63) is 82.9 Å². The summed E-state index contributed by atoms with van der Waals surface area (Å²) >= 11 is 5.98. The summed E-state index contributed by atoms with van der Waals surface area (Å²) in [7, 11) is 1.44. The minimum Gasteiger partial charge on any atom is -0.465 e. The maximum absolute atomic E-state index is 14.7. The Hall–Kier alpha value is -4.24. The number of hydrogen-bond acceptors (Lipinski definition) is 4. The molecule has 3 aromatic rings. The average Bonchev–Trinajstić information content (AvgIpc) is 2.96. The minimum atomic E-state index is -1.12. The Labute approximate surface area is 242 Å². The lowest BCUT2D eigenvalue weighted by Gasteiger charge is -2.34. The highest BCUT2D eigenvalue weighted by Gasteiger charge is 2.30. The molecule has 2 N–H and O–H groups in total. The van der Waals surface area contributed by atoms with E-state index in [1.807, 2.05) is 19.1 Å². The summed E-state index contributed by atoms with van der Waals surface area (Å²) in [5.74, 6) is -1.25. The number of nitrogens with zero attached hydrogens (tertiary/aromatic N) is 3. The molecule has 3 heterocycles. The first-order chi connectivity index (χ1) is 19.6. The van der Waals surface area contributed by atoms with Gasteiger partial charge in [0.2, 0.25) is 11.8 Å². The maximum atomic E-state index is 14.7. The first kappa shape index (κ1) is 28.3. The van der Waals surface area contributed by atoms with E-state index in [0.29, 0.717) is 66.0 Å². The standard InChI is InChI=1S/C31H30ClFN4O4/c1-18-5-3-8-27(37-14-12-20(16-28(37)38)23-6-4-7-24(32)29(23)33)26-15-19(11-13-34-26)22-10-9-21(36(2)31(40)41)17-25(22)35-30(18)39/h4,6-7,9-11,13,15-18,27H,3,5,8,12,14H2,1-2H3,(H,35,39)(H,40,41)/t18-,27+/m1/s1. The van der Waals surface area contributed by atoms with E-state index in [4.69, 9.17) is 11.6 Å². The number of nitrogens with one attached hydrogen (secondary N) is 1. The number of aromatic nitrogens is 1. The molecule has 3 amide bonds. The van der Waals surface area contributed by atoms with Crippen molar-refractivity contribution in [2.24, 2.45) is 5.92 Å². The molecule has 2 aromatic carbocycles. The van der Waals surface area contributed by atoms with Crippen LogP contribution in [0, 0.1) is 11.7 Å². The predicted molar refractivity (Wildman–Crippen MR) is 156 cm³/mol. The fourth-order valence-corrected chi connectivity index (χ4v) is 5.58. The van der Waals surface area contributed by atoms with Crippen LogP contribution in [0.25, 0.3) is 16.7 Å². The molecule has 10 heteroatoms. The van der Waals surface area contributed by atoms with E-state index in [0.717, 1.165) is 10.5 Å². The number of fused-ring (bicyclic) bond motifs is 4. The van der Waals surface area contributed by atoms with Crippen LogP contribution in [-0.4, -0.2) is 46.5 Å². The molecule has 0 saturated carbocycles. The Morgan fingerprint density at radius 1 is 1.15 bits per heavy atom. The summed E-state index contributed by atoms with van der Waals surface area (Å²) in [5, 5.41) is 12.5. The van der Waals surface area contributed by atoms with Gasteiger partial charge in [0.05, 0.1) is 22.4 Å². The summed E-state index contributed by atoms with van der Waals surface area (Å²) in [5.41, 5.74) is 4.03. The van der Waals surface area contributed by atoms with E-state index < -0.39 is 11.9 Å². The minimum absolute atomic E-state index is 0.0128. The Morgan fingerprint density at radius 2 is 1.95 bits per heavy atom. The van der Waals surface area contributed by atoms with Crippen molar-refractivity contribution in [2.75, 3.05) is 23.8 Å². The van der Waals surface area contributed by atoms with Gasteiger partial charge in [-0.1, -0.05) is 43.1 Å². The van der Waals surface area contributed by atoms with Gasteiger partial charge < -0.3 is 15.3 Å². The van der Waals surface area contributed by atoms with E-state index in [1.54, 1.807) is 41.4 Å². The molecule has 5 rings (SSSR count). The van der Waals surface area contributed by atoms with Gasteiger partial charge in [0.25, 0.3) is 0 Å². The van der Waals surface area contributed by atoms with Crippen LogP contribution < -0.4 is 10.2 Å². The van der Waals surface area contributed by atoms with Crippen LogP contribution in [0.2, 0.25) is 5.02 Å². The van der Waals surface area contributed by atoms with Crippen LogP contribution in [-0.2, 0) is 9.59 Å². The maximum Gasteiger partial charge on any atom is 0.411 e. The van der Waals surface area contributed by atoms with Crippen molar-refractivity contribution < 1.29 is 23.9 Å². The third kappa shape index (κ3) is 5.81. The number of anilines is 2. The molecule has 2 atom stereocenters. The van der Waals surface area contributed by atoms with Crippen LogP contribution >= 0.6 is 11.6 Å². The molecule has 2 aliphatic heterocycles. The van der Waals surface area contributed by atoms with Gasteiger partial charge in [-0.25, -0.2) is 9.18 Å². The van der Waals surface area contributed by atoms with Crippen molar-refractivity contribution in [1.82, 2.24) is 9.88 Å². The number of benzene rings is 2. The van der Waals surface area contributed by atoms with Gasteiger partial charge in [-0.3, -0.25) is 19.5 Å². The quantitative estimate of drug-likeness (QED) is 0.358. The van der Waals surface area contributed by atoms with Crippen LogP contribution in [0.5, 0.6) is 0 Å².